The van der Waals surface area contributed by atoms with Gasteiger partial charge < -0.3 is 8.98 Å². The number of nitrogens with zero attached hydrogens (tertiary/aromatic N) is 4. The van der Waals surface area contributed by atoms with E-state index in [1.165, 1.54) is 36.5 Å². The lowest BCUT2D eigenvalue weighted by Gasteiger charge is -2.12. The molecule has 294 valence electrons. The standard InChI is InChI=1S/C57H34N4OS/c1-3-15-35(16-4-1)37-19-13-20-38(31-37)41-24-14-25-46-47-33-40(61-49-26-10-7-21-42(49)43-22-8-11-27-50(43)61)34-48(54(47)62-53(41)46)57-59-55(36-17-5-2-6-18-36)58-56(60-57)39-29-30-45-44-23-9-12-28-51(44)63-52(45)32-39/h1-34H. The Balaban J connectivity index is 1.10. The highest BCUT2D eigenvalue weighted by Gasteiger charge is 2.23. The third kappa shape index (κ3) is 5.80. The topological polar surface area (TPSA) is 56.7 Å². The number of hydrogen-bond acceptors (Lipinski definition) is 5. The molecular formula is C57H34N4OS. The Kier molecular flexibility index (Phi) is 8.01. The van der Waals surface area contributed by atoms with Gasteiger partial charge in [-0.2, -0.15) is 0 Å². The van der Waals surface area contributed by atoms with E-state index in [-0.39, 0.29) is 0 Å². The summed E-state index contributed by atoms with van der Waals surface area (Å²) in [5.41, 5.74) is 11.8. The summed E-state index contributed by atoms with van der Waals surface area (Å²) in [6.07, 6.45) is 0. The summed E-state index contributed by atoms with van der Waals surface area (Å²) >= 11 is 1.79. The van der Waals surface area contributed by atoms with Gasteiger partial charge in [-0.15, -0.1) is 11.3 Å². The number of benzene rings is 9. The van der Waals surface area contributed by atoms with Gasteiger partial charge in [0.15, 0.2) is 17.5 Å². The fourth-order valence-corrected chi connectivity index (χ4v) is 10.5. The summed E-state index contributed by atoms with van der Waals surface area (Å²) in [5.74, 6) is 1.73. The van der Waals surface area contributed by atoms with Crippen LogP contribution in [-0.4, -0.2) is 19.5 Å². The Bertz CT molecular complexity index is 3870. The normalized spacial score (nSPS) is 11.8. The minimum Gasteiger partial charge on any atom is -0.455 e. The molecule has 0 unspecified atom stereocenters. The van der Waals surface area contributed by atoms with Gasteiger partial charge in [-0.25, -0.2) is 15.0 Å². The van der Waals surface area contributed by atoms with Crippen LogP contribution in [-0.2, 0) is 0 Å². The summed E-state index contributed by atoms with van der Waals surface area (Å²) in [4.78, 5) is 15.8. The molecule has 0 fully saturated rings. The molecule has 0 saturated heterocycles. The predicted octanol–water partition coefficient (Wildman–Crippen LogP) is 15.6. The number of furan rings is 1. The van der Waals surface area contributed by atoms with Crippen LogP contribution >= 0.6 is 11.3 Å². The van der Waals surface area contributed by atoms with Gasteiger partial charge in [-0.05, 0) is 59.2 Å². The van der Waals surface area contributed by atoms with Crippen molar-refractivity contribution in [3.8, 4) is 62.1 Å². The summed E-state index contributed by atoms with van der Waals surface area (Å²) in [5, 5.41) is 6.87. The average molecular weight is 823 g/mol. The third-order valence-corrected chi connectivity index (χ3v) is 13.4. The molecule has 63 heavy (non-hydrogen) atoms. The van der Waals surface area contributed by atoms with Crippen molar-refractivity contribution in [3.63, 3.8) is 0 Å². The van der Waals surface area contributed by atoms with Crippen LogP contribution < -0.4 is 0 Å². The Hall–Kier alpha value is -8.19. The molecule has 13 rings (SSSR count). The molecule has 6 heteroatoms. The average Bonchev–Trinajstić information content (AvgIpc) is 4.03. The Morgan fingerprint density at radius 1 is 0.333 bits per heavy atom. The highest BCUT2D eigenvalue weighted by atomic mass is 32.1. The second kappa shape index (κ2) is 14.2. The maximum Gasteiger partial charge on any atom is 0.167 e. The maximum atomic E-state index is 7.19. The van der Waals surface area contributed by atoms with Gasteiger partial charge in [0.2, 0.25) is 0 Å². The van der Waals surface area contributed by atoms with Crippen LogP contribution in [0.25, 0.3) is 126 Å². The van der Waals surface area contributed by atoms with Crippen LogP contribution in [0.4, 0.5) is 0 Å². The molecule has 0 aliphatic heterocycles. The molecule has 0 N–H and O–H groups in total. The monoisotopic (exact) mass is 822 g/mol. The van der Waals surface area contributed by atoms with Gasteiger partial charge in [-0.3, -0.25) is 0 Å². The van der Waals surface area contributed by atoms with Crippen LogP contribution in [0.1, 0.15) is 0 Å². The first kappa shape index (κ1) is 35.6. The second-order valence-corrected chi connectivity index (χ2v) is 17.0. The van der Waals surface area contributed by atoms with Gasteiger partial charge in [0, 0.05) is 64.1 Å². The highest BCUT2D eigenvalue weighted by Crippen LogP contribution is 2.44. The number of para-hydroxylation sites is 3. The van der Waals surface area contributed by atoms with Crippen LogP contribution in [0.2, 0.25) is 0 Å². The first-order chi connectivity index (χ1) is 31.2. The summed E-state index contributed by atoms with van der Waals surface area (Å²) < 4.78 is 12.0. The van der Waals surface area contributed by atoms with E-state index in [4.69, 9.17) is 19.4 Å². The van der Waals surface area contributed by atoms with Gasteiger partial charge >= 0.3 is 0 Å². The van der Waals surface area contributed by atoms with E-state index in [1.807, 2.05) is 18.2 Å². The van der Waals surface area contributed by atoms with Gasteiger partial charge in [0.1, 0.15) is 11.2 Å². The van der Waals surface area contributed by atoms with Crippen molar-refractivity contribution < 1.29 is 4.42 Å². The Labute approximate surface area is 365 Å². The molecule has 13 aromatic rings. The maximum absolute atomic E-state index is 7.19. The van der Waals surface area contributed by atoms with Crippen molar-refractivity contribution >= 4 is 75.3 Å². The van der Waals surface area contributed by atoms with Gasteiger partial charge in [0.25, 0.3) is 0 Å². The number of rotatable bonds is 6. The first-order valence-electron chi connectivity index (χ1n) is 21.1. The molecule has 0 spiro atoms. The smallest absolute Gasteiger partial charge is 0.167 e. The van der Waals surface area contributed by atoms with Gasteiger partial charge in [0.05, 0.1) is 16.6 Å². The largest absolute Gasteiger partial charge is 0.455 e. The Morgan fingerprint density at radius 3 is 1.68 bits per heavy atom. The number of aromatic nitrogens is 4. The van der Waals surface area contributed by atoms with Crippen molar-refractivity contribution in [1.29, 1.82) is 0 Å². The van der Waals surface area contributed by atoms with Crippen molar-refractivity contribution in [2.45, 2.75) is 0 Å². The molecule has 4 aromatic heterocycles. The van der Waals surface area contributed by atoms with Gasteiger partial charge in [-0.1, -0.05) is 164 Å². The number of fused-ring (bicyclic) bond motifs is 9. The van der Waals surface area contributed by atoms with Crippen LogP contribution in [0, 0.1) is 0 Å². The zero-order valence-electron chi connectivity index (χ0n) is 33.7. The Morgan fingerprint density at radius 2 is 0.905 bits per heavy atom. The summed E-state index contributed by atoms with van der Waals surface area (Å²) in [6.45, 7) is 0. The highest BCUT2D eigenvalue weighted by molar-refractivity contribution is 7.25. The lowest BCUT2D eigenvalue weighted by Crippen LogP contribution is -2.01. The first-order valence-corrected chi connectivity index (χ1v) is 21.9. The van der Waals surface area contributed by atoms with Crippen LogP contribution in [0.3, 0.4) is 0 Å². The zero-order chi connectivity index (χ0) is 41.4. The molecule has 5 nitrogen and oxygen atoms in total. The van der Waals surface area contributed by atoms with E-state index < -0.39 is 0 Å². The predicted molar refractivity (Wildman–Crippen MR) is 262 cm³/mol. The van der Waals surface area contributed by atoms with Crippen molar-refractivity contribution in [2.24, 2.45) is 0 Å². The van der Waals surface area contributed by atoms with Crippen LogP contribution in [0.5, 0.6) is 0 Å². The summed E-state index contributed by atoms with van der Waals surface area (Å²) in [6, 6.07) is 72.7. The molecule has 0 radical (unpaired) electrons. The zero-order valence-corrected chi connectivity index (χ0v) is 34.6. The molecule has 0 atom stereocenters. The third-order valence-electron chi connectivity index (χ3n) is 12.2. The van der Waals surface area contributed by atoms with Crippen molar-refractivity contribution in [2.75, 3.05) is 0 Å². The summed E-state index contributed by atoms with van der Waals surface area (Å²) in [7, 11) is 0. The van der Waals surface area contributed by atoms with Crippen LogP contribution in [0.15, 0.2) is 211 Å². The molecule has 0 aliphatic rings. The van der Waals surface area contributed by atoms with E-state index in [0.29, 0.717) is 17.5 Å². The molecule has 0 bridgehead atoms. The fraction of sp³-hybridized carbons (Fsp3) is 0. The minimum atomic E-state index is 0.537. The quantitative estimate of drug-likeness (QED) is 0.168. The van der Waals surface area contributed by atoms with Crippen molar-refractivity contribution in [3.05, 3.63) is 206 Å². The SMILES string of the molecule is c1ccc(-c2cccc(-c3cccc4c3oc3c(-c5nc(-c6ccccc6)nc(-c6ccc7c(c6)sc6ccccc67)n5)cc(-n5c6ccccc6c6ccccc65)cc34)c2)cc1. The lowest BCUT2D eigenvalue weighted by atomic mass is 9.97. The van der Waals surface area contributed by atoms with E-state index in [1.54, 1.807) is 11.3 Å². The molecular weight excluding hydrogens is 789 g/mol. The number of thiophene rings is 1. The van der Waals surface area contributed by atoms with Crippen molar-refractivity contribution in [1.82, 2.24) is 19.5 Å². The molecule has 0 saturated carbocycles. The lowest BCUT2D eigenvalue weighted by molar-refractivity contribution is 0.670. The molecule has 0 aliphatic carbocycles. The van der Waals surface area contributed by atoms with E-state index in [2.05, 4.69) is 193 Å². The van der Waals surface area contributed by atoms with E-state index >= 15 is 0 Å². The number of hydrogen-bond donors (Lipinski definition) is 0. The molecule has 4 heterocycles. The fourth-order valence-electron chi connectivity index (χ4n) is 9.31. The van der Waals surface area contributed by atoms with E-state index in [9.17, 15) is 0 Å². The second-order valence-electron chi connectivity index (χ2n) is 16.0. The molecule has 9 aromatic carbocycles. The minimum absolute atomic E-state index is 0.537. The van der Waals surface area contributed by atoms with E-state index in [0.717, 1.165) is 72.0 Å². The molecule has 0 amide bonds.